The van der Waals surface area contributed by atoms with E-state index in [1.54, 1.807) is 6.92 Å². The van der Waals surface area contributed by atoms with E-state index in [4.69, 9.17) is 5.11 Å². The van der Waals surface area contributed by atoms with E-state index >= 15 is 0 Å². The van der Waals surface area contributed by atoms with Gasteiger partial charge in [-0.05, 0) is 30.2 Å². The van der Waals surface area contributed by atoms with Gasteiger partial charge in [-0.2, -0.15) is 4.37 Å². The Balaban J connectivity index is 2.58. The molecule has 1 aromatic heterocycles. The molecule has 0 saturated heterocycles. The Morgan fingerprint density at radius 1 is 1.83 bits per heavy atom. The van der Waals surface area contributed by atoms with Crippen molar-refractivity contribution in [1.29, 1.82) is 0 Å². The third-order valence-electron chi connectivity index (χ3n) is 0.907. The first-order chi connectivity index (χ1) is 5.59. The standard InChI is InChI=1S/C5H5FN2O2S2/c1-2-7-5(12-8-2)11-3(6)4(9)10/h3H,1H3,(H,9,10). The molecule has 0 fully saturated rings. The number of aliphatic carboxylic acids is 1. The van der Waals surface area contributed by atoms with Gasteiger partial charge in [0.25, 0.3) is 0 Å². The molecule has 0 amide bonds. The molecule has 1 N–H and O–H groups in total. The molecule has 12 heavy (non-hydrogen) atoms. The molecule has 0 aliphatic heterocycles. The first-order valence-electron chi connectivity index (χ1n) is 2.93. The fraction of sp³-hybridized carbons (Fsp3) is 0.400. The highest BCUT2D eigenvalue weighted by molar-refractivity contribution is 8.02. The van der Waals surface area contributed by atoms with Gasteiger partial charge in [-0.15, -0.1) is 0 Å². The van der Waals surface area contributed by atoms with Crippen molar-refractivity contribution < 1.29 is 14.3 Å². The summed E-state index contributed by atoms with van der Waals surface area (Å²) in [5.41, 5.74) is -1.96. The molecule has 4 nitrogen and oxygen atoms in total. The van der Waals surface area contributed by atoms with Crippen molar-refractivity contribution in [3.8, 4) is 0 Å². The molecule has 1 aromatic rings. The third-order valence-corrected chi connectivity index (χ3v) is 2.72. The van der Waals surface area contributed by atoms with Crippen molar-refractivity contribution in [2.75, 3.05) is 0 Å². The van der Waals surface area contributed by atoms with Crippen molar-refractivity contribution in [3.63, 3.8) is 0 Å². The minimum absolute atomic E-state index is 0.336. The number of nitrogens with zero attached hydrogens (tertiary/aromatic N) is 2. The van der Waals surface area contributed by atoms with Crippen LogP contribution in [0.5, 0.6) is 0 Å². The maximum atomic E-state index is 12.5. The topological polar surface area (TPSA) is 63.1 Å². The Kier molecular flexibility index (Phi) is 2.99. The van der Waals surface area contributed by atoms with E-state index in [0.29, 0.717) is 21.9 Å². The zero-order valence-electron chi connectivity index (χ0n) is 6.02. The second kappa shape index (κ2) is 3.81. The Labute approximate surface area is 76.0 Å². The highest BCUT2D eigenvalue weighted by Crippen LogP contribution is 2.25. The van der Waals surface area contributed by atoms with E-state index in [-0.39, 0.29) is 0 Å². The van der Waals surface area contributed by atoms with Crippen LogP contribution in [0.15, 0.2) is 4.34 Å². The number of carboxylic acid groups (broad SMARTS) is 1. The molecule has 66 valence electrons. The normalized spacial score (nSPS) is 12.8. The average molecular weight is 208 g/mol. The Hall–Kier alpha value is -0.690. The SMILES string of the molecule is Cc1nsc(SC(F)C(=O)O)n1. The van der Waals surface area contributed by atoms with E-state index in [2.05, 4.69) is 9.36 Å². The van der Waals surface area contributed by atoms with Gasteiger partial charge in [0.2, 0.25) is 5.50 Å². The van der Waals surface area contributed by atoms with Gasteiger partial charge in [0.1, 0.15) is 5.82 Å². The first-order valence-corrected chi connectivity index (χ1v) is 4.59. The van der Waals surface area contributed by atoms with Gasteiger partial charge in [0.05, 0.1) is 0 Å². The average Bonchev–Trinajstić information content (AvgIpc) is 2.35. The zero-order chi connectivity index (χ0) is 9.14. The van der Waals surface area contributed by atoms with E-state index in [0.717, 1.165) is 11.5 Å². The molecule has 7 heteroatoms. The predicted octanol–water partition coefficient (Wildman–Crippen LogP) is 1.32. The number of halogens is 1. The molecular formula is C5H5FN2O2S2. The van der Waals surface area contributed by atoms with Crippen LogP contribution in [0.3, 0.4) is 0 Å². The molecule has 1 atom stereocenters. The summed E-state index contributed by atoms with van der Waals surface area (Å²) in [6.45, 7) is 1.66. The summed E-state index contributed by atoms with van der Waals surface area (Å²) in [5, 5.41) is 8.21. The molecule has 1 rings (SSSR count). The quantitative estimate of drug-likeness (QED) is 0.759. The fourth-order valence-electron chi connectivity index (χ4n) is 0.465. The number of thioether (sulfide) groups is 1. The van der Waals surface area contributed by atoms with Crippen molar-refractivity contribution in [3.05, 3.63) is 5.82 Å². The smallest absolute Gasteiger partial charge is 0.349 e. The van der Waals surface area contributed by atoms with Crippen LogP contribution in [-0.2, 0) is 4.79 Å². The highest BCUT2D eigenvalue weighted by Gasteiger charge is 2.19. The van der Waals surface area contributed by atoms with E-state index in [9.17, 15) is 9.18 Å². The van der Waals surface area contributed by atoms with E-state index < -0.39 is 11.5 Å². The van der Waals surface area contributed by atoms with Crippen LogP contribution in [0.1, 0.15) is 5.82 Å². The molecule has 0 aliphatic rings. The Morgan fingerprint density at radius 2 is 2.50 bits per heavy atom. The van der Waals surface area contributed by atoms with Crippen LogP contribution in [0.25, 0.3) is 0 Å². The second-order valence-corrected chi connectivity index (χ2v) is 3.93. The van der Waals surface area contributed by atoms with Gasteiger partial charge in [-0.3, -0.25) is 0 Å². The van der Waals surface area contributed by atoms with Crippen LogP contribution in [0, 0.1) is 6.92 Å². The minimum atomic E-state index is -1.96. The van der Waals surface area contributed by atoms with Crippen LogP contribution in [-0.4, -0.2) is 25.9 Å². The molecular weight excluding hydrogens is 203 g/mol. The lowest BCUT2D eigenvalue weighted by atomic mass is 10.8. The van der Waals surface area contributed by atoms with E-state index in [1.165, 1.54) is 0 Å². The molecule has 0 bridgehead atoms. The number of hydrogen-bond acceptors (Lipinski definition) is 5. The van der Waals surface area contributed by atoms with Crippen LogP contribution in [0.4, 0.5) is 4.39 Å². The van der Waals surface area contributed by atoms with Crippen molar-refractivity contribution >= 4 is 29.3 Å². The van der Waals surface area contributed by atoms with Crippen LogP contribution in [0.2, 0.25) is 0 Å². The molecule has 0 saturated carbocycles. The summed E-state index contributed by atoms with van der Waals surface area (Å²) >= 11 is 1.54. The Bertz CT molecular complexity index is 291. The summed E-state index contributed by atoms with van der Waals surface area (Å²) in [7, 11) is 0. The molecule has 0 radical (unpaired) electrons. The summed E-state index contributed by atoms with van der Waals surface area (Å²) in [4.78, 5) is 13.9. The largest absolute Gasteiger partial charge is 0.478 e. The van der Waals surface area contributed by atoms with Crippen LogP contribution >= 0.6 is 23.3 Å². The van der Waals surface area contributed by atoms with Gasteiger partial charge in [-0.25, -0.2) is 14.2 Å². The van der Waals surface area contributed by atoms with Gasteiger partial charge in [0.15, 0.2) is 4.34 Å². The van der Waals surface area contributed by atoms with Gasteiger partial charge >= 0.3 is 5.97 Å². The molecule has 0 spiro atoms. The zero-order valence-corrected chi connectivity index (χ0v) is 7.65. The van der Waals surface area contributed by atoms with Crippen molar-refractivity contribution in [2.45, 2.75) is 16.8 Å². The number of rotatable bonds is 3. The molecule has 1 unspecified atom stereocenters. The van der Waals surface area contributed by atoms with Gasteiger partial charge in [-0.1, -0.05) is 0 Å². The second-order valence-electron chi connectivity index (χ2n) is 1.88. The lowest BCUT2D eigenvalue weighted by Gasteiger charge is -1.96. The number of carboxylic acids is 1. The van der Waals surface area contributed by atoms with E-state index in [1.807, 2.05) is 0 Å². The molecule has 0 aliphatic carbocycles. The van der Waals surface area contributed by atoms with Crippen molar-refractivity contribution in [1.82, 2.24) is 9.36 Å². The minimum Gasteiger partial charge on any atom is -0.478 e. The van der Waals surface area contributed by atoms with Gasteiger partial charge < -0.3 is 5.11 Å². The fourth-order valence-corrected chi connectivity index (χ4v) is 1.89. The monoisotopic (exact) mass is 208 g/mol. The maximum Gasteiger partial charge on any atom is 0.349 e. The predicted molar refractivity (Wildman–Crippen MR) is 43.0 cm³/mol. The number of aryl methyl sites for hydroxylation is 1. The summed E-state index contributed by atoms with van der Waals surface area (Å²) in [6.07, 6.45) is 0. The number of alkyl halides is 1. The molecule has 1 heterocycles. The van der Waals surface area contributed by atoms with Crippen LogP contribution < -0.4 is 0 Å². The lowest BCUT2D eigenvalue weighted by molar-refractivity contribution is -0.139. The highest BCUT2D eigenvalue weighted by atomic mass is 32.2. The van der Waals surface area contributed by atoms with Gasteiger partial charge in [0, 0.05) is 0 Å². The summed E-state index contributed by atoms with van der Waals surface area (Å²) < 4.78 is 16.6. The maximum absolute atomic E-state index is 12.5. The number of carbonyl (C=O) groups is 1. The summed E-state index contributed by atoms with van der Waals surface area (Å²) in [6, 6.07) is 0. The molecule has 0 aromatic carbocycles. The number of hydrogen-bond donors (Lipinski definition) is 1. The number of aromatic nitrogens is 2. The van der Waals surface area contributed by atoms with Crippen molar-refractivity contribution in [2.24, 2.45) is 0 Å². The summed E-state index contributed by atoms with van der Waals surface area (Å²) in [5.74, 6) is -0.965. The lowest BCUT2D eigenvalue weighted by Crippen LogP contribution is -2.09. The first kappa shape index (κ1) is 9.40. The third kappa shape index (κ3) is 2.42. The Morgan fingerprint density at radius 3 is 2.92 bits per heavy atom.